The minimum absolute atomic E-state index is 0.136. The highest BCUT2D eigenvalue weighted by atomic mass is 127. The summed E-state index contributed by atoms with van der Waals surface area (Å²) < 4.78 is 7.59. The molecule has 0 aromatic heterocycles. The van der Waals surface area contributed by atoms with Crippen molar-refractivity contribution >= 4 is 80.1 Å². The van der Waals surface area contributed by atoms with Gasteiger partial charge in [0.2, 0.25) is 0 Å². The van der Waals surface area contributed by atoms with Crippen LogP contribution in [0.4, 0.5) is 11.4 Å². The highest BCUT2D eigenvalue weighted by Crippen LogP contribution is 2.31. The summed E-state index contributed by atoms with van der Waals surface area (Å²) >= 11 is 10.2. The number of nitro benzene ring substituents is 1. The number of benzene rings is 3. The molecule has 0 unspecified atom stereocenters. The Morgan fingerprint density at radius 1 is 1.15 bits per heavy atom. The molecule has 0 aliphatic rings. The topological polar surface area (TPSA) is 105 Å². The molecule has 3 aromatic carbocycles. The van der Waals surface area contributed by atoms with Gasteiger partial charge in [-0.25, -0.2) is 0 Å². The molecule has 0 bridgehead atoms. The van der Waals surface area contributed by atoms with Crippen LogP contribution in [0.15, 0.2) is 66.2 Å². The molecule has 1 amide bonds. The van der Waals surface area contributed by atoms with E-state index in [1.54, 1.807) is 24.3 Å². The number of nitrogens with zero attached hydrogens (tertiary/aromatic N) is 2. The Hall–Kier alpha value is -2.69. The lowest BCUT2D eigenvalue weighted by Crippen LogP contribution is -2.13. The number of anilines is 1. The van der Waals surface area contributed by atoms with Crippen molar-refractivity contribution in [3.05, 3.63) is 99.6 Å². The molecular weight excluding hydrogens is 672 g/mol. The third-order valence-corrected chi connectivity index (χ3v) is 6.16. The maximum Gasteiger partial charge on any atom is 0.271 e. The van der Waals surface area contributed by atoms with Crippen LogP contribution in [0.25, 0.3) is 6.08 Å². The number of hydrogen-bond donors (Lipinski definition) is 1. The van der Waals surface area contributed by atoms with E-state index in [9.17, 15) is 20.2 Å². The Balaban J connectivity index is 1.77. The molecule has 3 rings (SSSR count). The summed E-state index contributed by atoms with van der Waals surface area (Å²) in [7, 11) is 0. The second-order valence-corrected chi connectivity index (χ2v) is 9.42. The third-order valence-electron chi connectivity index (χ3n) is 4.31. The molecule has 166 valence electrons. The summed E-state index contributed by atoms with van der Waals surface area (Å²) in [6, 6.07) is 18.4. The first-order valence-corrected chi connectivity index (χ1v) is 11.8. The molecule has 0 saturated carbocycles. The number of hydrogen-bond acceptors (Lipinski definition) is 5. The zero-order chi connectivity index (χ0) is 24.0. The Labute approximate surface area is 221 Å². The maximum atomic E-state index is 12.5. The van der Waals surface area contributed by atoms with Gasteiger partial charge < -0.3 is 10.1 Å². The number of nitriles is 1. The van der Waals surface area contributed by atoms with E-state index in [1.807, 2.05) is 18.2 Å². The number of rotatable bonds is 7. The first-order chi connectivity index (χ1) is 15.8. The van der Waals surface area contributed by atoms with E-state index in [2.05, 4.69) is 50.5 Å². The van der Waals surface area contributed by atoms with Crippen molar-refractivity contribution in [3.8, 4) is 11.8 Å². The minimum Gasteiger partial charge on any atom is -0.487 e. The lowest BCUT2D eigenvalue weighted by Gasteiger charge is -2.12. The molecule has 10 heteroatoms. The first kappa shape index (κ1) is 24.9. The van der Waals surface area contributed by atoms with Crippen molar-refractivity contribution < 1.29 is 14.5 Å². The highest BCUT2D eigenvalue weighted by molar-refractivity contribution is 14.1. The lowest BCUT2D eigenvalue weighted by molar-refractivity contribution is -0.384. The summed E-state index contributed by atoms with van der Waals surface area (Å²) in [6.45, 7) is 0.368. The van der Waals surface area contributed by atoms with Crippen LogP contribution in [0.1, 0.15) is 11.1 Å². The fourth-order valence-corrected chi connectivity index (χ4v) is 5.00. The van der Waals surface area contributed by atoms with Gasteiger partial charge in [-0.2, -0.15) is 5.26 Å². The van der Waals surface area contributed by atoms with Gasteiger partial charge in [0.1, 0.15) is 24.0 Å². The standard InChI is InChI=1S/C23H14ClI2N3O4/c24-17-6-4-14(5-7-17)13-33-22-20(25)9-15(10-21(22)26)8-16(12-27)23(30)28-18-2-1-3-19(11-18)29(31)32/h1-11H,13H2,(H,28,30)/b16-8+. The fourth-order valence-electron chi connectivity index (χ4n) is 2.75. The van der Waals surface area contributed by atoms with Crippen molar-refractivity contribution in [2.45, 2.75) is 6.61 Å². The van der Waals surface area contributed by atoms with Crippen LogP contribution >= 0.6 is 56.8 Å². The summed E-state index contributed by atoms with van der Waals surface area (Å²) in [5, 5.41) is 23.6. The molecule has 0 fully saturated rings. The van der Waals surface area contributed by atoms with Gasteiger partial charge in [-0.3, -0.25) is 14.9 Å². The summed E-state index contributed by atoms with van der Waals surface area (Å²) in [5.41, 5.74) is 1.55. The molecule has 0 heterocycles. The van der Waals surface area contributed by atoms with E-state index in [1.165, 1.54) is 30.3 Å². The van der Waals surface area contributed by atoms with Crippen LogP contribution in [-0.4, -0.2) is 10.8 Å². The van der Waals surface area contributed by atoms with Gasteiger partial charge in [0.15, 0.2) is 0 Å². The Kier molecular flexibility index (Phi) is 8.65. The predicted octanol–water partition coefficient (Wildman–Crippen LogP) is 6.58. The fraction of sp³-hybridized carbons (Fsp3) is 0.0435. The molecule has 1 N–H and O–H groups in total. The minimum atomic E-state index is -0.661. The van der Waals surface area contributed by atoms with Crippen LogP contribution in [0.2, 0.25) is 5.02 Å². The molecule has 3 aromatic rings. The zero-order valence-corrected chi connectivity index (χ0v) is 21.8. The number of non-ortho nitro benzene ring substituents is 1. The van der Waals surface area contributed by atoms with E-state index >= 15 is 0 Å². The number of nitro groups is 1. The summed E-state index contributed by atoms with van der Waals surface area (Å²) in [6.07, 6.45) is 1.46. The molecule has 33 heavy (non-hydrogen) atoms. The molecule has 0 aliphatic heterocycles. The van der Waals surface area contributed by atoms with Gasteiger partial charge in [-0.15, -0.1) is 0 Å². The number of nitrogens with one attached hydrogen (secondary N) is 1. The lowest BCUT2D eigenvalue weighted by atomic mass is 10.1. The first-order valence-electron chi connectivity index (χ1n) is 9.30. The van der Waals surface area contributed by atoms with E-state index in [4.69, 9.17) is 16.3 Å². The van der Waals surface area contributed by atoms with Crippen molar-refractivity contribution in [3.63, 3.8) is 0 Å². The Morgan fingerprint density at radius 3 is 2.42 bits per heavy atom. The van der Waals surface area contributed by atoms with Gasteiger partial charge in [0, 0.05) is 22.8 Å². The number of carbonyl (C=O) groups excluding carboxylic acids is 1. The van der Waals surface area contributed by atoms with Crippen molar-refractivity contribution in [2.75, 3.05) is 5.32 Å². The van der Waals surface area contributed by atoms with Gasteiger partial charge in [-0.05, 0) is 92.7 Å². The van der Waals surface area contributed by atoms with Gasteiger partial charge in [0.05, 0.1) is 12.1 Å². The molecule has 7 nitrogen and oxygen atoms in total. The summed E-state index contributed by atoms with van der Waals surface area (Å²) in [5.74, 6) is 0.0360. The van der Waals surface area contributed by atoms with Crippen LogP contribution in [0.5, 0.6) is 5.75 Å². The zero-order valence-electron chi connectivity index (χ0n) is 16.7. The average Bonchev–Trinajstić information content (AvgIpc) is 2.78. The molecular formula is C23H14ClI2N3O4. The Morgan fingerprint density at radius 2 is 1.82 bits per heavy atom. The molecule has 0 saturated heterocycles. The van der Waals surface area contributed by atoms with Crippen LogP contribution in [0.3, 0.4) is 0 Å². The second-order valence-electron chi connectivity index (χ2n) is 6.66. The van der Waals surface area contributed by atoms with Crippen LogP contribution in [0, 0.1) is 28.6 Å². The smallest absolute Gasteiger partial charge is 0.271 e. The number of carbonyl (C=O) groups is 1. The second kappa shape index (κ2) is 11.4. The highest BCUT2D eigenvalue weighted by Gasteiger charge is 2.14. The number of ether oxygens (including phenoxy) is 1. The van der Waals surface area contributed by atoms with E-state index in [0.29, 0.717) is 22.9 Å². The number of amides is 1. The molecule has 0 aliphatic carbocycles. The normalized spacial score (nSPS) is 10.9. The van der Waals surface area contributed by atoms with Crippen molar-refractivity contribution in [2.24, 2.45) is 0 Å². The van der Waals surface area contributed by atoms with Crippen molar-refractivity contribution in [1.82, 2.24) is 0 Å². The summed E-state index contributed by atoms with van der Waals surface area (Å²) in [4.78, 5) is 22.9. The van der Waals surface area contributed by atoms with E-state index in [0.717, 1.165) is 12.7 Å². The SMILES string of the molecule is N#C/C(=C\c1cc(I)c(OCc2ccc(Cl)cc2)c(I)c1)C(=O)Nc1cccc([N+](=O)[O-])c1. The maximum absolute atomic E-state index is 12.5. The van der Waals surface area contributed by atoms with Crippen LogP contribution in [-0.2, 0) is 11.4 Å². The molecule has 0 atom stereocenters. The molecule has 0 spiro atoms. The largest absolute Gasteiger partial charge is 0.487 e. The van der Waals surface area contributed by atoms with Gasteiger partial charge in [-0.1, -0.05) is 29.8 Å². The van der Waals surface area contributed by atoms with Gasteiger partial charge in [0.25, 0.3) is 11.6 Å². The van der Waals surface area contributed by atoms with Crippen molar-refractivity contribution in [1.29, 1.82) is 5.26 Å². The van der Waals surface area contributed by atoms with Gasteiger partial charge >= 0.3 is 0 Å². The Bertz CT molecular complexity index is 1260. The van der Waals surface area contributed by atoms with E-state index < -0.39 is 10.8 Å². The average molecular weight is 686 g/mol. The number of halogens is 3. The predicted molar refractivity (Wildman–Crippen MR) is 143 cm³/mol. The van der Waals surface area contributed by atoms with Crippen LogP contribution < -0.4 is 10.1 Å². The quantitative estimate of drug-likeness (QED) is 0.0995. The monoisotopic (exact) mass is 685 g/mol. The van der Waals surface area contributed by atoms with E-state index in [-0.39, 0.29) is 16.9 Å². The third kappa shape index (κ3) is 6.89. The molecule has 0 radical (unpaired) electrons.